The molecule has 5 nitrogen and oxygen atoms in total. The summed E-state index contributed by atoms with van der Waals surface area (Å²) < 4.78 is 20.5. The van der Waals surface area contributed by atoms with E-state index in [4.69, 9.17) is 5.14 Å². The van der Waals surface area contributed by atoms with Crippen molar-refractivity contribution in [1.29, 1.82) is 0 Å². The third kappa shape index (κ3) is 1.15. The van der Waals surface area contributed by atoms with Crippen LogP contribution >= 0.6 is 0 Å². The van der Waals surface area contributed by atoms with Crippen LogP contribution in [0.1, 0.15) is 26.2 Å². The van der Waals surface area contributed by atoms with Gasteiger partial charge in [0.25, 0.3) is 0 Å². The summed E-state index contributed by atoms with van der Waals surface area (Å²) in [6.07, 6.45) is 0.419. The Morgan fingerprint density at radius 3 is 2.00 bits per heavy atom. The van der Waals surface area contributed by atoms with Crippen LogP contribution in [-0.2, 0) is 10.0 Å². The van der Waals surface area contributed by atoms with Crippen LogP contribution in [0.3, 0.4) is 0 Å². The van der Waals surface area contributed by atoms with Gasteiger partial charge in [0.05, 0.1) is 0 Å². The van der Waals surface area contributed by atoms with Gasteiger partial charge in [0.15, 0.2) is 5.79 Å². The molecular formula is C6H13NO4S. The van der Waals surface area contributed by atoms with Gasteiger partial charge in [-0.25, -0.2) is 13.6 Å². The summed E-state index contributed by atoms with van der Waals surface area (Å²) in [5, 5.41) is 23.6. The zero-order chi connectivity index (χ0) is 9.62. The second-order valence-electron chi connectivity index (χ2n) is 3.21. The molecule has 1 fully saturated rings. The van der Waals surface area contributed by atoms with E-state index in [2.05, 4.69) is 0 Å². The van der Waals surface area contributed by atoms with E-state index in [1.54, 1.807) is 0 Å². The topological polar surface area (TPSA) is 101 Å². The molecule has 0 aliphatic heterocycles. The van der Waals surface area contributed by atoms with Crippen LogP contribution in [-0.4, -0.2) is 29.2 Å². The molecule has 0 spiro atoms. The molecule has 0 radical (unpaired) electrons. The Balaban J connectivity index is 3.03. The summed E-state index contributed by atoms with van der Waals surface area (Å²) in [5.41, 5.74) is 0. The number of aliphatic hydroxyl groups is 2. The lowest BCUT2D eigenvalue weighted by molar-refractivity contribution is -0.169. The van der Waals surface area contributed by atoms with Gasteiger partial charge in [-0.15, -0.1) is 0 Å². The molecule has 1 rings (SSSR count). The van der Waals surface area contributed by atoms with Gasteiger partial charge in [0, 0.05) is 0 Å². The maximum atomic E-state index is 11.0. The molecule has 12 heavy (non-hydrogen) atoms. The van der Waals surface area contributed by atoms with Gasteiger partial charge >= 0.3 is 0 Å². The molecule has 1 aliphatic carbocycles. The minimum atomic E-state index is -3.86. The van der Waals surface area contributed by atoms with Crippen molar-refractivity contribution >= 4 is 10.0 Å². The summed E-state index contributed by atoms with van der Waals surface area (Å²) in [7, 11) is -3.86. The van der Waals surface area contributed by atoms with Crippen molar-refractivity contribution in [3.8, 4) is 0 Å². The molecule has 6 heteroatoms. The molecular weight excluding hydrogens is 182 g/mol. The second-order valence-corrected chi connectivity index (χ2v) is 5.08. The van der Waals surface area contributed by atoms with Gasteiger partial charge in [-0.1, -0.05) is 6.92 Å². The minimum absolute atomic E-state index is 0.0383. The first-order chi connectivity index (χ1) is 5.27. The normalized spacial score (nSPS) is 22.3. The molecule has 0 unspecified atom stereocenters. The lowest BCUT2D eigenvalue weighted by Crippen LogP contribution is -2.51. The number of hydrogen-bond donors (Lipinski definition) is 3. The van der Waals surface area contributed by atoms with Crippen LogP contribution < -0.4 is 5.14 Å². The van der Waals surface area contributed by atoms with Gasteiger partial charge in [-0.05, 0) is 19.3 Å². The third-order valence-corrected chi connectivity index (χ3v) is 4.30. The van der Waals surface area contributed by atoms with Crippen molar-refractivity contribution in [3.63, 3.8) is 0 Å². The zero-order valence-electron chi connectivity index (χ0n) is 6.82. The number of rotatable bonds is 3. The Labute approximate surface area is 71.2 Å². The van der Waals surface area contributed by atoms with E-state index in [1.165, 1.54) is 6.92 Å². The highest BCUT2D eigenvalue weighted by atomic mass is 32.2. The van der Waals surface area contributed by atoms with Crippen molar-refractivity contribution in [3.05, 3.63) is 0 Å². The fourth-order valence-electron chi connectivity index (χ4n) is 1.35. The lowest BCUT2D eigenvalue weighted by Gasteiger charge is -2.28. The first kappa shape index (κ1) is 9.91. The van der Waals surface area contributed by atoms with E-state index in [9.17, 15) is 18.6 Å². The second kappa shape index (κ2) is 2.41. The Morgan fingerprint density at radius 2 is 1.92 bits per heavy atom. The van der Waals surface area contributed by atoms with Gasteiger partial charge < -0.3 is 10.2 Å². The molecule has 4 N–H and O–H groups in total. The minimum Gasteiger partial charge on any atom is -0.364 e. The predicted octanol–water partition coefficient (Wildman–Crippen LogP) is -1.10. The SMILES string of the molecule is CCC(O)(O)C1(S(N)(=O)=O)CC1. The summed E-state index contributed by atoms with van der Waals surface area (Å²) >= 11 is 0. The van der Waals surface area contributed by atoms with Crippen LogP contribution in [0.5, 0.6) is 0 Å². The molecule has 0 heterocycles. The summed E-state index contributed by atoms with van der Waals surface area (Å²) in [6.45, 7) is 1.51. The Kier molecular flexibility index (Phi) is 1.99. The van der Waals surface area contributed by atoms with Crippen LogP contribution in [0.2, 0.25) is 0 Å². The Morgan fingerprint density at radius 1 is 1.50 bits per heavy atom. The number of nitrogens with two attached hydrogens (primary N) is 1. The monoisotopic (exact) mass is 195 g/mol. The molecule has 0 aromatic carbocycles. The molecule has 0 amide bonds. The molecule has 0 atom stereocenters. The van der Waals surface area contributed by atoms with E-state index < -0.39 is 20.6 Å². The average Bonchev–Trinajstić information content (AvgIpc) is 2.63. The number of hydrogen-bond acceptors (Lipinski definition) is 4. The first-order valence-electron chi connectivity index (χ1n) is 3.74. The quantitative estimate of drug-likeness (QED) is 0.497. The molecule has 1 aliphatic rings. The van der Waals surface area contributed by atoms with Crippen molar-refractivity contribution in [2.45, 2.75) is 36.7 Å². The highest BCUT2D eigenvalue weighted by molar-refractivity contribution is 7.91. The molecule has 1 saturated carbocycles. The Bertz CT molecular complexity index is 278. The highest BCUT2D eigenvalue weighted by Crippen LogP contribution is 2.50. The molecule has 0 aromatic rings. The highest BCUT2D eigenvalue weighted by Gasteiger charge is 2.65. The molecule has 0 saturated heterocycles. The van der Waals surface area contributed by atoms with E-state index in [-0.39, 0.29) is 19.3 Å². The van der Waals surface area contributed by atoms with Crippen molar-refractivity contribution < 1.29 is 18.6 Å². The van der Waals surface area contributed by atoms with Crippen LogP contribution in [0.4, 0.5) is 0 Å². The largest absolute Gasteiger partial charge is 0.364 e. The van der Waals surface area contributed by atoms with E-state index >= 15 is 0 Å². The average molecular weight is 195 g/mol. The summed E-state index contributed by atoms with van der Waals surface area (Å²) in [5.74, 6) is -2.18. The van der Waals surface area contributed by atoms with Crippen LogP contribution in [0.15, 0.2) is 0 Å². The van der Waals surface area contributed by atoms with Gasteiger partial charge in [0.2, 0.25) is 10.0 Å². The maximum absolute atomic E-state index is 11.0. The lowest BCUT2D eigenvalue weighted by atomic mass is 10.1. The summed E-state index contributed by atoms with van der Waals surface area (Å²) in [4.78, 5) is 0. The van der Waals surface area contributed by atoms with Crippen LogP contribution in [0, 0.1) is 0 Å². The van der Waals surface area contributed by atoms with Gasteiger partial charge in [-0.3, -0.25) is 0 Å². The van der Waals surface area contributed by atoms with Crippen LogP contribution in [0.25, 0.3) is 0 Å². The predicted molar refractivity (Wildman–Crippen MR) is 42.5 cm³/mol. The summed E-state index contributed by atoms with van der Waals surface area (Å²) in [6, 6.07) is 0. The Hall–Kier alpha value is -0.170. The van der Waals surface area contributed by atoms with E-state index in [0.29, 0.717) is 0 Å². The first-order valence-corrected chi connectivity index (χ1v) is 5.28. The maximum Gasteiger partial charge on any atom is 0.220 e. The number of sulfonamides is 1. The van der Waals surface area contributed by atoms with E-state index in [0.717, 1.165) is 0 Å². The van der Waals surface area contributed by atoms with Gasteiger partial charge in [-0.2, -0.15) is 0 Å². The fourth-order valence-corrected chi connectivity index (χ4v) is 2.62. The van der Waals surface area contributed by atoms with Crippen molar-refractivity contribution in [2.75, 3.05) is 0 Å². The molecule has 0 aromatic heterocycles. The standard InChI is InChI=1S/C6H13NO4S/c1-2-6(8,9)5(3-4-5)12(7,10)11/h8-9H,2-4H2,1H3,(H2,7,10,11). The van der Waals surface area contributed by atoms with E-state index in [1.807, 2.05) is 0 Å². The fraction of sp³-hybridized carbons (Fsp3) is 1.00. The smallest absolute Gasteiger partial charge is 0.220 e. The number of primary sulfonamides is 1. The third-order valence-electron chi connectivity index (χ3n) is 2.47. The zero-order valence-corrected chi connectivity index (χ0v) is 7.63. The molecule has 72 valence electrons. The van der Waals surface area contributed by atoms with Gasteiger partial charge in [0.1, 0.15) is 4.75 Å². The molecule has 0 bridgehead atoms. The van der Waals surface area contributed by atoms with Crippen molar-refractivity contribution in [1.82, 2.24) is 0 Å². The van der Waals surface area contributed by atoms with Crippen molar-refractivity contribution in [2.24, 2.45) is 5.14 Å².